The first kappa shape index (κ1) is 31.7. The van der Waals surface area contributed by atoms with Crippen molar-refractivity contribution in [1.82, 2.24) is 10.2 Å². The second-order valence-electron chi connectivity index (χ2n) is 9.38. The Labute approximate surface area is 251 Å². The summed E-state index contributed by atoms with van der Waals surface area (Å²) in [6.07, 6.45) is 1.68. The van der Waals surface area contributed by atoms with Crippen molar-refractivity contribution in [3.05, 3.63) is 92.9 Å². The first-order chi connectivity index (χ1) is 18.9. The molecule has 1 atom stereocenters. The van der Waals surface area contributed by atoms with E-state index in [1.54, 1.807) is 55.5 Å². The van der Waals surface area contributed by atoms with Crippen molar-refractivity contribution in [2.75, 3.05) is 17.4 Å². The lowest BCUT2D eigenvalue weighted by Crippen LogP contribution is -2.51. The van der Waals surface area contributed by atoms with Crippen molar-refractivity contribution in [3.63, 3.8) is 0 Å². The van der Waals surface area contributed by atoms with Gasteiger partial charge in [0.1, 0.15) is 12.6 Å². The molecule has 0 aliphatic rings. The monoisotopic (exact) mass is 623 g/mol. The average molecular weight is 625 g/mol. The number of sulfonamides is 1. The number of nitrogens with zero attached hydrogens (tertiary/aromatic N) is 2. The molecule has 0 unspecified atom stereocenters. The van der Waals surface area contributed by atoms with Gasteiger partial charge in [-0.25, -0.2) is 8.42 Å². The Kier molecular flexibility index (Phi) is 11.3. The molecule has 0 bridgehead atoms. The van der Waals surface area contributed by atoms with Crippen LogP contribution in [-0.4, -0.2) is 44.3 Å². The van der Waals surface area contributed by atoms with Crippen LogP contribution in [0.1, 0.15) is 37.8 Å². The molecule has 3 aromatic rings. The number of carbonyl (C=O) groups excluding carboxylic acids is 2. The molecule has 0 spiro atoms. The summed E-state index contributed by atoms with van der Waals surface area (Å²) in [6, 6.07) is 16.5. The first-order valence-electron chi connectivity index (χ1n) is 12.8. The van der Waals surface area contributed by atoms with E-state index in [1.165, 1.54) is 23.1 Å². The van der Waals surface area contributed by atoms with E-state index in [9.17, 15) is 18.0 Å². The molecule has 3 aromatic carbocycles. The third kappa shape index (κ3) is 8.13. The van der Waals surface area contributed by atoms with Gasteiger partial charge in [-0.2, -0.15) is 0 Å². The molecular formula is C29H32Cl3N3O4S. The zero-order valence-corrected chi connectivity index (χ0v) is 25.6. The van der Waals surface area contributed by atoms with Crippen molar-refractivity contribution in [1.29, 1.82) is 0 Å². The molecular weight excluding hydrogens is 593 g/mol. The molecule has 11 heteroatoms. The Balaban J connectivity index is 2.02. The van der Waals surface area contributed by atoms with Gasteiger partial charge in [-0.3, -0.25) is 13.9 Å². The second kappa shape index (κ2) is 14.2. The number of amides is 2. The molecule has 214 valence electrons. The lowest BCUT2D eigenvalue weighted by Gasteiger charge is -2.32. The van der Waals surface area contributed by atoms with Gasteiger partial charge in [0, 0.05) is 28.2 Å². The van der Waals surface area contributed by atoms with E-state index >= 15 is 0 Å². The molecule has 0 radical (unpaired) electrons. The number of benzene rings is 3. The van der Waals surface area contributed by atoms with Gasteiger partial charge in [0.25, 0.3) is 10.0 Å². The Morgan fingerprint density at radius 3 is 2.25 bits per heavy atom. The molecule has 7 nitrogen and oxygen atoms in total. The summed E-state index contributed by atoms with van der Waals surface area (Å²) in [4.78, 5) is 28.3. The number of rotatable bonds is 12. The summed E-state index contributed by atoms with van der Waals surface area (Å²) < 4.78 is 28.7. The van der Waals surface area contributed by atoms with Crippen molar-refractivity contribution in [2.24, 2.45) is 0 Å². The van der Waals surface area contributed by atoms with Crippen molar-refractivity contribution in [2.45, 2.75) is 51.1 Å². The van der Waals surface area contributed by atoms with Crippen LogP contribution in [0, 0.1) is 6.92 Å². The van der Waals surface area contributed by atoms with E-state index in [-0.39, 0.29) is 23.0 Å². The molecule has 0 aliphatic heterocycles. The van der Waals surface area contributed by atoms with Gasteiger partial charge in [0.2, 0.25) is 11.8 Å². The minimum atomic E-state index is -4.18. The largest absolute Gasteiger partial charge is 0.354 e. The van der Waals surface area contributed by atoms with E-state index in [4.69, 9.17) is 34.8 Å². The minimum absolute atomic E-state index is 0.0172. The standard InChI is InChI=1S/C29H32Cl3N3O4S/c1-4-5-15-33-29(37)21(3)34(18-22-11-12-24(31)17-27(22)32)28(36)19-35(25-8-6-7-23(30)16-25)40(38,39)26-13-9-20(2)10-14-26/h6-14,16-17,21H,4-5,15,18-19H2,1-3H3,(H,33,37)/t21-/m0/s1. The van der Waals surface area contributed by atoms with Crippen LogP contribution in [-0.2, 0) is 26.2 Å². The zero-order chi connectivity index (χ0) is 29.4. The summed E-state index contributed by atoms with van der Waals surface area (Å²) in [7, 11) is -4.18. The number of aryl methyl sites for hydroxylation is 1. The summed E-state index contributed by atoms with van der Waals surface area (Å²) in [6.45, 7) is 5.30. The highest BCUT2D eigenvalue weighted by molar-refractivity contribution is 7.92. The second-order valence-corrected chi connectivity index (χ2v) is 12.5. The smallest absolute Gasteiger partial charge is 0.264 e. The van der Waals surface area contributed by atoms with Crippen LogP contribution < -0.4 is 9.62 Å². The predicted molar refractivity (Wildman–Crippen MR) is 162 cm³/mol. The zero-order valence-electron chi connectivity index (χ0n) is 22.5. The van der Waals surface area contributed by atoms with Gasteiger partial charge in [0.15, 0.2) is 0 Å². The van der Waals surface area contributed by atoms with Gasteiger partial charge in [-0.15, -0.1) is 0 Å². The third-order valence-electron chi connectivity index (χ3n) is 6.34. The van der Waals surface area contributed by atoms with Crippen molar-refractivity contribution >= 4 is 62.3 Å². The summed E-state index contributed by atoms with van der Waals surface area (Å²) in [5.74, 6) is -0.956. The van der Waals surface area contributed by atoms with E-state index < -0.39 is 28.5 Å². The molecule has 1 N–H and O–H groups in total. The fourth-order valence-corrected chi connectivity index (χ4v) is 6.01. The highest BCUT2D eigenvalue weighted by Crippen LogP contribution is 2.28. The highest BCUT2D eigenvalue weighted by Gasteiger charge is 2.32. The van der Waals surface area contributed by atoms with Crippen molar-refractivity contribution < 1.29 is 18.0 Å². The topological polar surface area (TPSA) is 86.8 Å². The van der Waals surface area contributed by atoms with E-state index in [1.807, 2.05) is 13.8 Å². The van der Waals surface area contributed by atoms with E-state index in [2.05, 4.69) is 5.32 Å². The van der Waals surface area contributed by atoms with Crippen LogP contribution >= 0.6 is 34.8 Å². The van der Waals surface area contributed by atoms with Gasteiger partial charge in [-0.05, 0) is 68.3 Å². The van der Waals surface area contributed by atoms with Crippen LogP contribution in [0.5, 0.6) is 0 Å². The molecule has 0 fully saturated rings. The number of hydrogen-bond donors (Lipinski definition) is 1. The molecule has 0 saturated heterocycles. The van der Waals surface area contributed by atoms with Crippen LogP contribution in [0.2, 0.25) is 15.1 Å². The van der Waals surface area contributed by atoms with Crippen LogP contribution in [0.15, 0.2) is 71.6 Å². The Morgan fingerprint density at radius 2 is 1.62 bits per heavy atom. The summed E-state index contributed by atoms with van der Waals surface area (Å²) >= 11 is 18.7. The molecule has 0 aromatic heterocycles. The molecule has 3 rings (SSSR count). The number of halogens is 3. The highest BCUT2D eigenvalue weighted by atomic mass is 35.5. The number of nitrogens with one attached hydrogen (secondary N) is 1. The third-order valence-corrected chi connectivity index (χ3v) is 8.95. The molecule has 0 aliphatic carbocycles. The summed E-state index contributed by atoms with van der Waals surface area (Å²) in [5.41, 5.74) is 1.66. The van der Waals surface area contributed by atoms with Gasteiger partial charge >= 0.3 is 0 Å². The van der Waals surface area contributed by atoms with E-state index in [0.717, 1.165) is 22.7 Å². The van der Waals surface area contributed by atoms with E-state index in [0.29, 0.717) is 27.2 Å². The van der Waals surface area contributed by atoms with Crippen LogP contribution in [0.25, 0.3) is 0 Å². The number of carbonyl (C=O) groups is 2. The van der Waals surface area contributed by atoms with Crippen molar-refractivity contribution in [3.8, 4) is 0 Å². The Morgan fingerprint density at radius 1 is 0.950 bits per heavy atom. The number of unbranched alkanes of at least 4 members (excludes halogenated alkanes) is 1. The van der Waals surface area contributed by atoms with Gasteiger partial charge in [-0.1, -0.05) is 78.0 Å². The van der Waals surface area contributed by atoms with Gasteiger partial charge < -0.3 is 10.2 Å². The lowest BCUT2D eigenvalue weighted by atomic mass is 10.1. The fraction of sp³-hybridized carbons (Fsp3) is 0.310. The molecule has 2 amide bonds. The number of anilines is 1. The minimum Gasteiger partial charge on any atom is -0.354 e. The maximum atomic E-state index is 13.9. The quantitative estimate of drug-likeness (QED) is 0.234. The molecule has 0 heterocycles. The molecule has 0 saturated carbocycles. The van der Waals surface area contributed by atoms with Gasteiger partial charge in [0.05, 0.1) is 10.6 Å². The number of hydrogen-bond acceptors (Lipinski definition) is 4. The Hall–Kier alpha value is -2.78. The normalized spacial score (nSPS) is 12.1. The van der Waals surface area contributed by atoms with Crippen LogP contribution in [0.3, 0.4) is 0 Å². The lowest BCUT2D eigenvalue weighted by molar-refractivity contribution is -0.139. The first-order valence-corrected chi connectivity index (χ1v) is 15.4. The summed E-state index contributed by atoms with van der Waals surface area (Å²) in [5, 5.41) is 3.90. The predicted octanol–water partition coefficient (Wildman–Crippen LogP) is 6.48. The Bertz CT molecular complexity index is 1450. The average Bonchev–Trinajstić information content (AvgIpc) is 2.91. The van der Waals surface area contributed by atoms with Crippen LogP contribution in [0.4, 0.5) is 5.69 Å². The molecule has 40 heavy (non-hydrogen) atoms. The SMILES string of the molecule is CCCCNC(=O)[C@H](C)N(Cc1ccc(Cl)cc1Cl)C(=O)CN(c1cccc(Cl)c1)S(=O)(=O)c1ccc(C)cc1. The maximum Gasteiger partial charge on any atom is 0.264 e. The fourth-order valence-electron chi connectivity index (χ4n) is 3.95. The maximum absolute atomic E-state index is 13.9.